The van der Waals surface area contributed by atoms with E-state index in [1.165, 1.54) is 30.0 Å². The van der Waals surface area contributed by atoms with Gasteiger partial charge in [0, 0.05) is 18.7 Å². The monoisotopic (exact) mass is 320 g/mol. The van der Waals surface area contributed by atoms with E-state index in [9.17, 15) is 19.7 Å². The summed E-state index contributed by atoms with van der Waals surface area (Å²) in [5, 5.41) is 11.1. The molecule has 7 heteroatoms. The number of benzene rings is 1. The van der Waals surface area contributed by atoms with Gasteiger partial charge in [0.25, 0.3) is 11.6 Å². The summed E-state index contributed by atoms with van der Waals surface area (Å²) in [6, 6.07) is 4.37. The minimum atomic E-state index is -0.889. The molecule has 0 aromatic heterocycles. The van der Waals surface area contributed by atoms with Gasteiger partial charge in [0.1, 0.15) is 5.56 Å². The number of hydrogen-bond acceptors (Lipinski definition) is 5. The van der Waals surface area contributed by atoms with Crippen molar-refractivity contribution in [2.24, 2.45) is 0 Å². The van der Waals surface area contributed by atoms with Crippen molar-refractivity contribution in [3.8, 4) is 0 Å². The summed E-state index contributed by atoms with van der Waals surface area (Å²) in [4.78, 5) is 36.0. The second-order valence-corrected chi connectivity index (χ2v) is 5.17. The van der Waals surface area contributed by atoms with Gasteiger partial charge in [-0.1, -0.05) is 24.3 Å². The summed E-state index contributed by atoms with van der Waals surface area (Å²) in [6.45, 7) is 9.21. The molecule has 124 valence electrons. The normalized spacial score (nSPS) is 10.0. The number of hydrogen-bond donors (Lipinski definition) is 0. The third-order valence-corrected chi connectivity index (χ3v) is 3.16. The Labute approximate surface area is 134 Å². The largest absolute Gasteiger partial charge is 0.452 e. The van der Waals surface area contributed by atoms with Crippen molar-refractivity contribution >= 4 is 17.6 Å². The second-order valence-electron chi connectivity index (χ2n) is 5.17. The highest BCUT2D eigenvalue weighted by Gasteiger charge is 2.24. The Morgan fingerprint density at radius 2 is 2.04 bits per heavy atom. The number of ether oxygens (including phenoxy) is 1. The van der Waals surface area contributed by atoms with E-state index >= 15 is 0 Å². The molecule has 23 heavy (non-hydrogen) atoms. The van der Waals surface area contributed by atoms with Crippen LogP contribution in [-0.2, 0) is 9.53 Å². The molecule has 0 N–H and O–H groups in total. The fraction of sp³-hybridized carbons (Fsp3) is 0.375. The molecule has 0 atom stereocenters. The Morgan fingerprint density at radius 1 is 1.39 bits per heavy atom. The molecule has 0 aliphatic carbocycles. The maximum Gasteiger partial charge on any atom is 0.345 e. The van der Waals surface area contributed by atoms with Crippen molar-refractivity contribution in [3.05, 3.63) is 51.6 Å². The number of rotatable bonds is 7. The van der Waals surface area contributed by atoms with Crippen LogP contribution in [0.5, 0.6) is 0 Å². The second kappa shape index (κ2) is 8.07. The lowest BCUT2D eigenvalue weighted by molar-refractivity contribution is -0.385. The van der Waals surface area contributed by atoms with Crippen LogP contribution in [0.15, 0.2) is 30.4 Å². The average molecular weight is 320 g/mol. The summed E-state index contributed by atoms with van der Waals surface area (Å²) >= 11 is 0. The number of nitrogens with zero attached hydrogens (tertiary/aromatic N) is 2. The molecule has 7 nitrogen and oxygen atoms in total. The highest BCUT2D eigenvalue weighted by Crippen LogP contribution is 2.23. The molecular weight excluding hydrogens is 300 g/mol. The minimum Gasteiger partial charge on any atom is -0.452 e. The molecule has 0 radical (unpaired) electrons. The van der Waals surface area contributed by atoms with Crippen LogP contribution in [0.2, 0.25) is 0 Å². The van der Waals surface area contributed by atoms with Gasteiger partial charge >= 0.3 is 5.97 Å². The molecule has 0 unspecified atom stereocenters. The van der Waals surface area contributed by atoms with Gasteiger partial charge in [0.05, 0.1) is 4.92 Å². The number of carbonyl (C=O) groups excluding carboxylic acids is 2. The number of carbonyl (C=O) groups is 2. The Hall–Kier alpha value is -2.70. The van der Waals surface area contributed by atoms with Crippen molar-refractivity contribution in [1.82, 2.24) is 4.90 Å². The van der Waals surface area contributed by atoms with Crippen molar-refractivity contribution in [3.63, 3.8) is 0 Å². The maximum atomic E-state index is 12.0. The van der Waals surface area contributed by atoms with E-state index in [0.717, 1.165) is 5.57 Å². The van der Waals surface area contributed by atoms with Gasteiger partial charge in [-0.2, -0.15) is 0 Å². The summed E-state index contributed by atoms with van der Waals surface area (Å²) in [5.41, 5.74) is 0.694. The van der Waals surface area contributed by atoms with Gasteiger partial charge in [-0.15, -0.1) is 0 Å². The average Bonchev–Trinajstić information content (AvgIpc) is 2.48. The van der Waals surface area contributed by atoms with Gasteiger partial charge in [0.15, 0.2) is 6.61 Å². The highest BCUT2D eigenvalue weighted by atomic mass is 16.6. The van der Waals surface area contributed by atoms with Crippen LogP contribution in [0.25, 0.3) is 0 Å². The zero-order valence-corrected chi connectivity index (χ0v) is 13.5. The van der Waals surface area contributed by atoms with E-state index < -0.39 is 17.5 Å². The maximum absolute atomic E-state index is 12.0. The molecule has 0 bridgehead atoms. The number of amides is 1. The number of likely N-dealkylation sites (N-methyl/N-ethyl adjacent to an activating group) is 1. The molecule has 0 saturated heterocycles. The van der Waals surface area contributed by atoms with Crippen LogP contribution in [0.1, 0.15) is 29.8 Å². The molecule has 0 saturated carbocycles. The van der Waals surface area contributed by atoms with Crippen LogP contribution < -0.4 is 0 Å². The fourth-order valence-electron chi connectivity index (χ4n) is 2.06. The number of nitro groups is 1. The first kappa shape index (κ1) is 18.3. The third-order valence-electron chi connectivity index (χ3n) is 3.16. The van der Waals surface area contributed by atoms with Crippen LogP contribution in [0, 0.1) is 17.0 Å². The molecule has 0 heterocycles. The summed E-state index contributed by atoms with van der Waals surface area (Å²) in [6.07, 6.45) is 0. The van der Waals surface area contributed by atoms with E-state index in [4.69, 9.17) is 4.74 Å². The van der Waals surface area contributed by atoms with Gasteiger partial charge < -0.3 is 9.64 Å². The molecule has 0 aliphatic heterocycles. The lowest BCUT2D eigenvalue weighted by Gasteiger charge is -2.20. The minimum absolute atomic E-state index is 0.161. The van der Waals surface area contributed by atoms with Crippen LogP contribution in [0.3, 0.4) is 0 Å². The first-order chi connectivity index (χ1) is 10.8. The van der Waals surface area contributed by atoms with Crippen molar-refractivity contribution in [2.45, 2.75) is 20.8 Å². The third kappa shape index (κ3) is 4.91. The smallest absolute Gasteiger partial charge is 0.345 e. The van der Waals surface area contributed by atoms with E-state index in [2.05, 4.69) is 6.58 Å². The van der Waals surface area contributed by atoms with E-state index in [1.807, 2.05) is 0 Å². The molecule has 0 aliphatic rings. The van der Waals surface area contributed by atoms with Crippen LogP contribution >= 0.6 is 0 Å². The number of nitro benzene ring substituents is 1. The topological polar surface area (TPSA) is 89.8 Å². The first-order valence-electron chi connectivity index (χ1n) is 7.11. The van der Waals surface area contributed by atoms with Gasteiger partial charge in [-0.05, 0) is 26.8 Å². The quantitative estimate of drug-likeness (QED) is 0.333. The Kier molecular flexibility index (Phi) is 6.44. The van der Waals surface area contributed by atoms with Crippen molar-refractivity contribution in [1.29, 1.82) is 0 Å². The molecule has 0 spiro atoms. The summed E-state index contributed by atoms with van der Waals surface area (Å²) in [5.74, 6) is -1.26. The van der Waals surface area contributed by atoms with Gasteiger partial charge in [0.2, 0.25) is 0 Å². The molecule has 1 amide bonds. The Morgan fingerprint density at radius 3 is 2.57 bits per heavy atom. The fourth-order valence-corrected chi connectivity index (χ4v) is 2.06. The predicted octanol–water partition coefficient (Wildman–Crippen LogP) is 2.48. The molecule has 1 rings (SSSR count). The Balaban J connectivity index is 2.82. The van der Waals surface area contributed by atoms with Gasteiger partial charge in [-0.25, -0.2) is 4.79 Å². The van der Waals surface area contributed by atoms with E-state index in [1.54, 1.807) is 13.8 Å². The van der Waals surface area contributed by atoms with Crippen LogP contribution in [0.4, 0.5) is 5.69 Å². The lowest BCUT2D eigenvalue weighted by Crippen LogP contribution is -2.35. The zero-order chi connectivity index (χ0) is 17.6. The molecule has 0 fully saturated rings. The molecular formula is C16H20N2O5. The SMILES string of the molecule is C=C(C)CN(CC)C(=O)COC(=O)c1cccc(C)c1[N+](=O)[O-]. The molecule has 1 aromatic carbocycles. The highest BCUT2D eigenvalue weighted by molar-refractivity contribution is 5.95. The van der Waals surface area contributed by atoms with Gasteiger partial charge in [-0.3, -0.25) is 14.9 Å². The Bertz CT molecular complexity index is 639. The number of esters is 1. The zero-order valence-electron chi connectivity index (χ0n) is 13.5. The van der Waals surface area contributed by atoms with E-state index in [0.29, 0.717) is 18.7 Å². The number of aryl methyl sites for hydroxylation is 1. The van der Waals surface area contributed by atoms with Crippen molar-refractivity contribution < 1.29 is 19.2 Å². The predicted molar refractivity (Wildman–Crippen MR) is 85.2 cm³/mol. The first-order valence-corrected chi connectivity index (χ1v) is 7.11. The van der Waals surface area contributed by atoms with Crippen molar-refractivity contribution in [2.75, 3.05) is 19.7 Å². The van der Waals surface area contributed by atoms with Crippen LogP contribution in [-0.4, -0.2) is 41.4 Å². The van der Waals surface area contributed by atoms with E-state index in [-0.39, 0.29) is 17.2 Å². The summed E-state index contributed by atoms with van der Waals surface area (Å²) in [7, 11) is 0. The lowest BCUT2D eigenvalue weighted by atomic mass is 10.1. The summed E-state index contributed by atoms with van der Waals surface area (Å²) < 4.78 is 4.94. The number of para-hydroxylation sites is 1. The molecule has 1 aromatic rings. The standard InChI is InChI=1S/C16H20N2O5/c1-5-17(9-11(2)3)14(19)10-23-16(20)13-8-6-7-12(4)15(13)18(21)22/h6-8H,2,5,9-10H2,1,3-4H3.